The Balaban J connectivity index is 1.33. The molecule has 0 radical (unpaired) electrons. The van der Waals surface area contributed by atoms with Gasteiger partial charge < -0.3 is 14.6 Å². The molecular formula is C23H29N3O5S. The quantitative estimate of drug-likeness (QED) is 0.741. The molecule has 2 amide bonds. The molecule has 2 saturated heterocycles. The summed E-state index contributed by atoms with van der Waals surface area (Å²) in [6.45, 7) is 3.55. The Morgan fingerprint density at radius 1 is 1.00 bits per heavy atom. The van der Waals surface area contributed by atoms with E-state index in [0.29, 0.717) is 43.8 Å². The predicted molar refractivity (Wildman–Crippen MR) is 119 cm³/mol. The van der Waals surface area contributed by atoms with Gasteiger partial charge in [0.05, 0.1) is 11.2 Å². The van der Waals surface area contributed by atoms with E-state index in [9.17, 15) is 18.0 Å². The van der Waals surface area contributed by atoms with Gasteiger partial charge >= 0.3 is 0 Å². The summed E-state index contributed by atoms with van der Waals surface area (Å²) in [5.74, 6) is -0.0582. The molecule has 0 saturated carbocycles. The molecule has 1 atom stereocenters. The van der Waals surface area contributed by atoms with Gasteiger partial charge in [0.25, 0.3) is 11.8 Å². The van der Waals surface area contributed by atoms with Gasteiger partial charge in [0.2, 0.25) is 10.0 Å². The molecule has 2 aliphatic rings. The van der Waals surface area contributed by atoms with Gasteiger partial charge in [0.15, 0.2) is 5.76 Å². The lowest BCUT2D eigenvalue weighted by Crippen LogP contribution is -2.46. The van der Waals surface area contributed by atoms with Crippen LogP contribution >= 0.6 is 0 Å². The highest BCUT2D eigenvalue weighted by molar-refractivity contribution is 7.89. The summed E-state index contributed by atoms with van der Waals surface area (Å²) in [5, 5.41) is 3.00. The summed E-state index contributed by atoms with van der Waals surface area (Å²) in [6.07, 6.45) is 5.56. The average Bonchev–Trinajstić information content (AvgIpc) is 3.34. The fourth-order valence-electron chi connectivity index (χ4n) is 4.39. The SMILES string of the molecule is C[C@@H]1CCCCN1S(=O)(=O)c1ccc(C(=O)NC2CCN(C(=O)c3ccco3)CC2)cc1. The second-order valence-corrected chi connectivity index (χ2v) is 10.4. The van der Waals surface area contributed by atoms with Crippen molar-refractivity contribution in [3.05, 3.63) is 54.0 Å². The number of hydrogen-bond donors (Lipinski definition) is 1. The van der Waals surface area contributed by atoms with Gasteiger partial charge in [-0.15, -0.1) is 0 Å². The van der Waals surface area contributed by atoms with Crippen molar-refractivity contribution in [1.82, 2.24) is 14.5 Å². The molecule has 0 spiro atoms. The van der Waals surface area contributed by atoms with Crippen LogP contribution in [0.25, 0.3) is 0 Å². The number of hydrogen-bond acceptors (Lipinski definition) is 5. The van der Waals surface area contributed by atoms with Crippen molar-refractivity contribution in [2.45, 2.75) is 56.0 Å². The molecule has 1 N–H and O–H groups in total. The first-order chi connectivity index (χ1) is 15.4. The highest BCUT2D eigenvalue weighted by atomic mass is 32.2. The molecule has 9 heteroatoms. The Bertz CT molecular complexity index is 1040. The van der Waals surface area contributed by atoms with Crippen molar-refractivity contribution in [2.75, 3.05) is 19.6 Å². The molecule has 0 aliphatic carbocycles. The molecule has 2 aliphatic heterocycles. The van der Waals surface area contributed by atoms with Crippen molar-refractivity contribution in [2.24, 2.45) is 0 Å². The highest BCUT2D eigenvalue weighted by Gasteiger charge is 2.31. The van der Waals surface area contributed by atoms with Crippen molar-refractivity contribution in [3.8, 4) is 0 Å². The molecule has 32 heavy (non-hydrogen) atoms. The number of rotatable bonds is 5. The van der Waals surface area contributed by atoms with Crippen molar-refractivity contribution in [3.63, 3.8) is 0 Å². The second kappa shape index (κ2) is 9.46. The number of carbonyl (C=O) groups excluding carboxylic acids is 2. The fourth-order valence-corrected chi connectivity index (χ4v) is 6.09. The molecule has 3 heterocycles. The molecule has 1 aromatic carbocycles. The van der Waals surface area contributed by atoms with Crippen LogP contribution in [0, 0.1) is 0 Å². The normalized spacial score (nSPS) is 20.8. The maximum absolute atomic E-state index is 13.0. The number of likely N-dealkylation sites (tertiary alicyclic amines) is 1. The zero-order valence-electron chi connectivity index (χ0n) is 18.2. The van der Waals surface area contributed by atoms with E-state index < -0.39 is 10.0 Å². The number of nitrogens with one attached hydrogen (secondary N) is 1. The lowest BCUT2D eigenvalue weighted by atomic mass is 10.0. The Labute approximate surface area is 188 Å². The number of carbonyl (C=O) groups is 2. The van der Waals surface area contributed by atoms with Crippen LogP contribution in [0.1, 0.15) is 59.9 Å². The summed E-state index contributed by atoms with van der Waals surface area (Å²) >= 11 is 0. The number of sulfonamides is 1. The zero-order valence-corrected chi connectivity index (χ0v) is 19.0. The van der Waals surface area contributed by atoms with E-state index in [1.165, 1.54) is 18.4 Å². The van der Waals surface area contributed by atoms with Gasteiger partial charge in [-0.3, -0.25) is 9.59 Å². The van der Waals surface area contributed by atoms with Crippen LogP contribution in [0.5, 0.6) is 0 Å². The van der Waals surface area contributed by atoms with Crippen molar-refractivity contribution < 1.29 is 22.4 Å². The maximum atomic E-state index is 13.0. The standard InChI is InChI=1S/C23H29N3O5S/c1-17-5-2-3-13-26(17)32(29,30)20-9-7-18(8-10-20)22(27)24-19-11-14-25(15-12-19)23(28)21-6-4-16-31-21/h4,6-10,16-17,19H,2-3,5,11-15H2,1H3,(H,24,27)/t17-/m1/s1. The van der Waals surface area contributed by atoms with Gasteiger partial charge in [-0.25, -0.2) is 8.42 Å². The van der Waals surface area contributed by atoms with E-state index in [-0.39, 0.29) is 28.8 Å². The molecule has 4 rings (SSSR count). The van der Waals surface area contributed by atoms with Crippen LogP contribution < -0.4 is 5.32 Å². The predicted octanol–water partition coefficient (Wildman–Crippen LogP) is 2.88. The first-order valence-corrected chi connectivity index (χ1v) is 12.6. The minimum Gasteiger partial charge on any atom is -0.459 e. The minimum atomic E-state index is -3.56. The van der Waals surface area contributed by atoms with E-state index in [2.05, 4.69) is 5.32 Å². The van der Waals surface area contributed by atoms with Crippen LogP contribution in [-0.2, 0) is 10.0 Å². The summed E-state index contributed by atoms with van der Waals surface area (Å²) in [5.41, 5.74) is 0.421. The third-order valence-corrected chi connectivity index (χ3v) is 8.34. The fraction of sp³-hybridized carbons (Fsp3) is 0.478. The molecular weight excluding hydrogens is 430 g/mol. The zero-order chi connectivity index (χ0) is 22.7. The minimum absolute atomic E-state index is 0.0118. The number of piperidine rings is 2. The monoisotopic (exact) mass is 459 g/mol. The van der Waals surface area contributed by atoms with E-state index in [0.717, 1.165) is 19.3 Å². The topological polar surface area (TPSA) is 99.9 Å². The third kappa shape index (κ3) is 4.73. The molecule has 0 unspecified atom stereocenters. The Morgan fingerprint density at radius 2 is 1.72 bits per heavy atom. The highest BCUT2D eigenvalue weighted by Crippen LogP contribution is 2.25. The Morgan fingerprint density at radius 3 is 2.34 bits per heavy atom. The Kier molecular flexibility index (Phi) is 6.66. The number of benzene rings is 1. The maximum Gasteiger partial charge on any atom is 0.289 e. The largest absolute Gasteiger partial charge is 0.459 e. The van der Waals surface area contributed by atoms with E-state index in [1.54, 1.807) is 33.5 Å². The van der Waals surface area contributed by atoms with Gasteiger partial charge in [-0.1, -0.05) is 6.42 Å². The van der Waals surface area contributed by atoms with Gasteiger partial charge in [0, 0.05) is 37.3 Å². The second-order valence-electron chi connectivity index (χ2n) is 8.50. The number of nitrogens with zero attached hydrogens (tertiary/aromatic N) is 2. The molecule has 8 nitrogen and oxygen atoms in total. The van der Waals surface area contributed by atoms with Crippen LogP contribution in [0.3, 0.4) is 0 Å². The van der Waals surface area contributed by atoms with E-state index in [1.807, 2.05) is 6.92 Å². The van der Waals surface area contributed by atoms with E-state index >= 15 is 0 Å². The Hall–Kier alpha value is -2.65. The number of amides is 2. The van der Waals surface area contributed by atoms with Crippen molar-refractivity contribution in [1.29, 1.82) is 0 Å². The molecule has 2 aromatic rings. The summed E-state index contributed by atoms with van der Waals surface area (Å²) in [4.78, 5) is 27.0. The van der Waals surface area contributed by atoms with Crippen LogP contribution in [0.2, 0.25) is 0 Å². The lowest BCUT2D eigenvalue weighted by Gasteiger charge is -2.32. The van der Waals surface area contributed by atoms with Gasteiger partial charge in [0.1, 0.15) is 0 Å². The third-order valence-electron chi connectivity index (χ3n) is 6.31. The first-order valence-electron chi connectivity index (χ1n) is 11.1. The molecule has 172 valence electrons. The van der Waals surface area contributed by atoms with Gasteiger partial charge in [-0.05, 0) is 69.0 Å². The smallest absolute Gasteiger partial charge is 0.289 e. The number of furan rings is 1. The molecule has 1 aromatic heterocycles. The van der Waals surface area contributed by atoms with Crippen LogP contribution in [-0.4, -0.2) is 61.2 Å². The van der Waals surface area contributed by atoms with E-state index in [4.69, 9.17) is 4.42 Å². The van der Waals surface area contributed by atoms with Crippen LogP contribution in [0.15, 0.2) is 52.0 Å². The summed E-state index contributed by atoms with van der Waals surface area (Å²) < 4.78 is 32.6. The van der Waals surface area contributed by atoms with Crippen LogP contribution in [0.4, 0.5) is 0 Å². The average molecular weight is 460 g/mol. The summed E-state index contributed by atoms with van der Waals surface area (Å²) in [6, 6.07) is 9.42. The lowest BCUT2D eigenvalue weighted by molar-refractivity contribution is 0.0667. The van der Waals surface area contributed by atoms with Gasteiger partial charge in [-0.2, -0.15) is 4.31 Å². The summed E-state index contributed by atoms with van der Waals surface area (Å²) in [7, 11) is -3.56. The molecule has 0 bridgehead atoms. The molecule has 2 fully saturated rings. The first kappa shape index (κ1) is 22.5. The van der Waals surface area contributed by atoms with Crippen molar-refractivity contribution >= 4 is 21.8 Å².